The average Bonchev–Trinajstić information content (AvgIpc) is 3.27. The van der Waals surface area contributed by atoms with Crippen LogP contribution in [0.4, 0.5) is 0 Å². The van der Waals surface area contributed by atoms with Crippen LogP contribution in [0.15, 0.2) is 27.1 Å². The van der Waals surface area contributed by atoms with Gasteiger partial charge in [-0.05, 0) is 50.0 Å². The highest BCUT2D eigenvalue weighted by molar-refractivity contribution is 7.91. The lowest BCUT2D eigenvalue weighted by Gasteiger charge is -2.34. The van der Waals surface area contributed by atoms with E-state index in [2.05, 4.69) is 4.90 Å². The maximum atomic E-state index is 13.3. The quantitative estimate of drug-likeness (QED) is 0.602. The van der Waals surface area contributed by atoms with Crippen LogP contribution in [-0.4, -0.2) is 53.7 Å². The van der Waals surface area contributed by atoms with E-state index in [4.69, 9.17) is 4.98 Å². The van der Waals surface area contributed by atoms with Crippen LogP contribution in [0.25, 0.3) is 0 Å². The number of thiazole rings is 1. The van der Waals surface area contributed by atoms with E-state index in [1.807, 2.05) is 5.38 Å². The fourth-order valence-electron chi connectivity index (χ4n) is 4.93. The van der Waals surface area contributed by atoms with Crippen molar-refractivity contribution in [3.63, 3.8) is 0 Å². The zero-order valence-electron chi connectivity index (χ0n) is 17.6. The van der Waals surface area contributed by atoms with Crippen molar-refractivity contribution in [3.8, 4) is 0 Å². The molecule has 6 nitrogen and oxygen atoms in total. The molecule has 0 radical (unpaired) electrons. The van der Waals surface area contributed by atoms with Gasteiger partial charge >= 0.3 is 0 Å². The normalized spacial score (nSPS) is 21.9. The van der Waals surface area contributed by atoms with Crippen LogP contribution in [0.1, 0.15) is 79.2 Å². The second-order valence-corrected chi connectivity index (χ2v) is 12.9. The summed E-state index contributed by atoms with van der Waals surface area (Å²) in [7, 11) is -3.38. The molecule has 2 aromatic heterocycles. The summed E-state index contributed by atoms with van der Waals surface area (Å²) >= 11 is 2.83. The maximum absolute atomic E-state index is 13.3. The first-order valence-electron chi connectivity index (χ1n) is 11.4. The minimum atomic E-state index is -3.38. The molecule has 1 saturated heterocycles. The van der Waals surface area contributed by atoms with Gasteiger partial charge in [0.1, 0.15) is 9.90 Å². The molecule has 0 unspecified atom stereocenters. The van der Waals surface area contributed by atoms with Crippen molar-refractivity contribution in [2.45, 2.75) is 80.0 Å². The monoisotopic (exact) mass is 479 g/mol. The molecule has 3 fully saturated rings. The molecule has 3 heterocycles. The third-order valence-electron chi connectivity index (χ3n) is 6.78. The first-order chi connectivity index (χ1) is 15.0. The van der Waals surface area contributed by atoms with E-state index < -0.39 is 10.0 Å². The van der Waals surface area contributed by atoms with Crippen molar-refractivity contribution in [1.82, 2.24) is 14.2 Å². The molecular weight excluding hydrogens is 450 g/mol. The van der Waals surface area contributed by atoms with Gasteiger partial charge in [0.2, 0.25) is 0 Å². The van der Waals surface area contributed by atoms with Crippen LogP contribution in [0.3, 0.4) is 0 Å². The van der Waals surface area contributed by atoms with Crippen molar-refractivity contribution in [2.24, 2.45) is 0 Å². The molecule has 2 aromatic rings. The summed E-state index contributed by atoms with van der Waals surface area (Å²) in [6.45, 7) is 1.01. The molecule has 5 rings (SSSR count). The summed E-state index contributed by atoms with van der Waals surface area (Å²) in [5.41, 5.74) is 0.589. The molecule has 9 heteroatoms. The molecule has 1 amide bonds. The second-order valence-electron chi connectivity index (χ2n) is 8.92. The second kappa shape index (κ2) is 8.92. The lowest BCUT2D eigenvalue weighted by Crippen LogP contribution is -2.43. The minimum absolute atomic E-state index is 0.106. The number of amides is 1. The van der Waals surface area contributed by atoms with E-state index >= 15 is 0 Å². The topological polar surface area (TPSA) is 70.6 Å². The highest BCUT2D eigenvalue weighted by Crippen LogP contribution is 2.37. The fourth-order valence-corrected chi connectivity index (χ4v) is 8.51. The lowest BCUT2D eigenvalue weighted by atomic mass is 9.94. The largest absolute Gasteiger partial charge is 0.331 e. The maximum Gasteiger partial charge on any atom is 0.273 e. The smallest absolute Gasteiger partial charge is 0.273 e. The molecule has 0 bridgehead atoms. The third-order valence-corrected chi connectivity index (χ3v) is 11.1. The zero-order chi connectivity index (χ0) is 21.4. The van der Waals surface area contributed by atoms with Gasteiger partial charge in [-0.25, -0.2) is 13.4 Å². The van der Waals surface area contributed by atoms with Gasteiger partial charge in [0, 0.05) is 36.5 Å². The first kappa shape index (κ1) is 21.6. The highest BCUT2D eigenvalue weighted by atomic mass is 32.2. The van der Waals surface area contributed by atoms with E-state index in [9.17, 15) is 13.2 Å². The van der Waals surface area contributed by atoms with Crippen molar-refractivity contribution < 1.29 is 13.2 Å². The summed E-state index contributed by atoms with van der Waals surface area (Å²) in [6, 6.07) is 4.23. The Kier molecular flexibility index (Phi) is 6.20. The molecular formula is C22H29N3O3S3. The average molecular weight is 480 g/mol. The Bertz CT molecular complexity index is 1000. The molecule has 168 valence electrons. The summed E-state index contributed by atoms with van der Waals surface area (Å²) in [5.74, 6) is 0.333. The van der Waals surface area contributed by atoms with E-state index in [0.717, 1.165) is 43.5 Å². The minimum Gasteiger partial charge on any atom is -0.331 e. The summed E-state index contributed by atoms with van der Waals surface area (Å²) in [5, 5.41) is 4.70. The molecule has 0 spiro atoms. The van der Waals surface area contributed by atoms with Crippen LogP contribution >= 0.6 is 22.7 Å². The Morgan fingerprint density at radius 2 is 1.71 bits per heavy atom. The van der Waals surface area contributed by atoms with E-state index in [0.29, 0.717) is 35.1 Å². The summed E-state index contributed by atoms with van der Waals surface area (Å²) in [4.78, 5) is 20.2. The predicted molar refractivity (Wildman–Crippen MR) is 123 cm³/mol. The van der Waals surface area contributed by atoms with Crippen molar-refractivity contribution in [3.05, 3.63) is 33.6 Å². The number of hydrogen-bond donors (Lipinski definition) is 0. The molecule has 0 atom stereocenters. The van der Waals surface area contributed by atoms with Gasteiger partial charge in [-0.3, -0.25) is 4.79 Å². The summed E-state index contributed by atoms with van der Waals surface area (Å²) < 4.78 is 27.5. The van der Waals surface area contributed by atoms with Crippen molar-refractivity contribution in [1.29, 1.82) is 0 Å². The van der Waals surface area contributed by atoms with Gasteiger partial charge in [-0.15, -0.1) is 22.7 Å². The number of piperidine rings is 1. The Morgan fingerprint density at radius 1 is 1.00 bits per heavy atom. The molecule has 1 aliphatic heterocycles. The van der Waals surface area contributed by atoms with Gasteiger partial charge in [-0.1, -0.05) is 25.3 Å². The van der Waals surface area contributed by atoms with Crippen LogP contribution in [0, 0.1) is 0 Å². The number of sulfonamides is 1. The Labute approximate surface area is 192 Å². The van der Waals surface area contributed by atoms with Crippen molar-refractivity contribution >= 4 is 38.6 Å². The van der Waals surface area contributed by atoms with E-state index in [-0.39, 0.29) is 11.8 Å². The van der Waals surface area contributed by atoms with Crippen LogP contribution in [0.5, 0.6) is 0 Å². The Balaban J connectivity index is 1.24. The number of aromatic nitrogens is 1. The van der Waals surface area contributed by atoms with Crippen molar-refractivity contribution in [2.75, 3.05) is 13.1 Å². The molecule has 31 heavy (non-hydrogen) atoms. The van der Waals surface area contributed by atoms with Gasteiger partial charge in [0.05, 0.1) is 5.01 Å². The van der Waals surface area contributed by atoms with Gasteiger partial charge in [0.15, 0.2) is 0 Å². The van der Waals surface area contributed by atoms with Gasteiger partial charge < -0.3 is 4.90 Å². The molecule has 3 aliphatic rings. The molecule has 0 N–H and O–H groups in total. The highest BCUT2D eigenvalue weighted by Gasteiger charge is 2.39. The third kappa shape index (κ3) is 4.47. The molecule has 2 aliphatic carbocycles. The van der Waals surface area contributed by atoms with E-state index in [1.54, 1.807) is 33.2 Å². The SMILES string of the molecule is O=C(c1csc(C2CCN(S(=O)(=O)c3cccs3)CC2)n1)N(C1CCCCC1)C1CC1. The number of carbonyl (C=O) groups is 1. The standard InChI is InChI=1S/C22H29N3O3S3/c26-22(25(18-8-9-18)17-5-2-1-3-6-17)19-15-30-21(23-19)16-10-12-24(13-11-16)31(27,28)20-7-4-14-29-20/h4,7,14-18H,1-3,5-6,8-13H2. The van der Waals surface area contributed by atoms with Gasteiger partial charge in [0.25, 0.3) is 15.9 Å². The number of rotatable bonds is 6. The zero-order valence-corrected chi connectivity index (χ0v) is 20.1. The number of nitrogens with zero attached hydrogens (tertiary/aromatic N) is 3. The van der Waals surface area contributed by atoms with Gasteiger partial charge in [-0.2, -0.15) is 4.31 Å². The van der Waals surface area contributed by atoms with Crippen LogP contribution < -0.4 is 0 Å². The van der Waals surface area contributed by atoms with Crippen LogP contribution in [0.2, 0.25) is 0 Å². The first-order valence-corrected chi connectivity index (χ1v) is 14.6. The van der Waals surface area contributed by atoms with E-state index in [1.165, 1.54) is 30.6 Å². The number of hydrogen-bond acceptors (Lipinski definition) is 6. The fraction of sp³-hybridized carbons (Fsp3) is 0.636. The molecule has 0 aromatic carbocycles. The Morgan fingerprint density at radius 3 is 2.35 bits per heavy atom. The van der Waals surface area contributed by atoms with Crippen LogP contribution in [-0.2, 0) is 10.0 Å². The number of carbonyl (C=O) groups excluding carboxylic acids is 1. The Hall–Kier alpha value is -1.29. The predicted octanol–water partition coefficient (Wildman–Crippen LogP) is 4.71. The lowest BCUT2D eigenvalue weighted by molar-refractivity contribution is 0.0608. The molecule has 2 saturated carbocycles. The number of thiophene rings is 1. The summed E-state index contributed by atoms with van der Waals surface area (Å²) in [6.07, 6.45) is 9.71.